The molecule has 6 heteroatoms. The van der Waals surface area contributed by atoms with E-state index in [4.69, 9.17) is 4.74 Å². The van der Waals surface area contributed by atoms with Crippen molar-refractivity contribution in [1.29, 1.82) is 0 Å². The molecule has 0 radical (unpaired) electrons. The predicted molar refractivity (Wildman–Crippen MR) is 106 cm³/mol. The number of carbonyl (C=O) groups is 2. The Morgan fingerprint density at radius 3 is 2.30 bits per heavy atom. The van der Waals surface area contributed by atoms with Gasteiger partial charge < -0.3 is 20.3 Å². The lowest BCUT2D eigenvalue weighted by atomic mass is 10.1. The Balaban J connectivity index is 1.80. The van der Waals surface area contributed by atoms with Crippen LogP contribution in [0.25, 0.3) is 0 Å². The summed E-state index contributed by atoms with van der Waals surface area (Å²) in [5, 5.41) is 5.78. The van der Waals surface area contributed by atoms with E-state index in [-0.39, 0.29) is 24.9 Å². The molecule has 144 valence electrons. The summed E-state index contributed by atoms with van der Waals surface area (Å²) in [6.07, 6.45) is 0. The first kappa shape index (κ1) is 20.5. The lowest BCUT2D eigenvalue weighted by Gasteiger charge is -2.17. The lowest BCUT2D eigenvalue weighted by molar-refractivity contribution is -0.881. The largest absolute Gasteiger partial charge is 0.497 e. The Hall–Kier alpha value is -2.86. The van der Waals surface area contributed by atoms with E-state index in [1.54, 1.807) is 31.4 Å². The molecule has 0 aliphatic rings. The van der Waals surface area contributed by atoms with Crippen LogP contribution in [0.5, 0.6) is 5.75 Å². The Labute approximate surface area is 160 Å². The fraction of sp³-hybridized carbons (Fsp3) is 0.333. The molecular weight excluding hydrogens is 342 g/mol. The van der Waals surface area contributed by atoms with E-state index in [0.29, 0.717) is 18.8 Å². The van der Waals surface area contributed by atoms with Gasteiger partial charge in [0.25, 0.3) is 11.8 Å². The molecule has 1 unspecified atom stereocenters. The van der Waals surface area contributed by atoms with Gasteiger partial charge in [0.15, 0.2) is 13.1 Å². The summed E-state index contributed by atoms with van der Waals surface area (Å²) < 4.78 is 5.10. The first-order valence-electron chi connectivity index (χ1n) is 9.10. The minimum atomic E-state index is -0.122. The van der Waals surface area contributed by atoms with Gasteiger partial charge in [0.05, 0.1) is 13.7 Å². The minimum absolute atomic E-state index is 0.0626. The topological polar surface area (TPSA) is 71.9 Å². The van der Waals surface area contributed by atoms with Crippen LogP contribution in [0.2, 0.25) is 0 Å². The van der Waals surface area contributed by atoms with Gasteiger partial charge in [-0.2, -0.15) is 0 Å². The van der Waals surface area contributed by atoms with Crippen LogP contribution < -0.4 is 20.3 Å². The molecule has 0 spiro atoms. The quantitative estimate of drug-likeness (QED) is 0.620. The number of carbonyl (C=O) groups excluding carboxylic acids is 2. The SMILES string of the molecule is CC[NH+](CC(=O)NCc1ccccc1C)CC(=O)Nc1ccc(OC)cc1. The van der Waals surface area contributed by atoms with Crippen LogP contribution in [-0.2, 0) is 16.1 Å². The Kier molecular flexibility index (Phi) is 7.82. The van der Waals surface area contributed by atoms with Crippen molar-refractivity contribution in [3.05, 3.63) is 59.7 Å². The molecule has 2 aromatic carbocycles. The molecule has 2 rings (SSSR count). The molecule has 2 amide bonds. The third-order valence-electron chi connectivity index (χ3n) is 4.43. The molecule has 27 heavy (non-hydrogen) atoms. The first-order chi connectivity index (χ1) is 13.0. The smallest absolute Gasteiger partial charge is 0.279 e. The maximum atomic E-state index is 12.2. The maximum Gasteiger partial charge on any atom is 0.279 e. The fourth-order valence-corrected chi connectivity index (χ4v) is 2.71. The number of amides is 2. The fourth-order valence-electron chi connectivity index (χ4n) is 2.71. The van der Waals surface area contributed by atoms with Crippen LogP contribution in [0.4, 0.5) is 5.69 Å². The van der Waals surface area contributed by atoms with Gasteiger partial charge in [-0.25, -0.2) is 0 Å². The zero-order valence-electron chi connectivity index (χ0n) is 16.2. The Morgan fingerprint density at radius 2 is 1.67 bits per heavy atom. The van der Waals surface area contributed by atoms with E-state index in [0.717, 1.165) is 21.8 Å². The summed E-state index contributed by atoms with van der Waals surface area (Å²) >= 11 is 0. The van der Waals surface area contributed by atoms with E-state index >= 15 is 0 Å². The number of quaternary nitrogens is 1. The van der Waals surface area contributed by atoms with Crippen LogP contribution in [0.3, 0.4) is 0 Å². The normalized spacial score (nSPS) is 11.5. The maximum absolute atomic E-state index is 12.2. The first-order valence-corrected chi connectivity index (χ1v) is 9.10. The number of likely N-dealkylation sites (N-methyl/N-ethyl adjacent to an activating group) is 1. The second-order valence-corrected chi connectivity index (χ2v) is 6.44. The van der Waals surface area contributed by atoms with Gasteiger partial charge in [0.1, 0.15) is 5.75 Å². The van der Waals surface area contributed by atoms with Crippen molar-refractivity contribution in [2.75, 3.05) is 32.1 Å². The molecule has 0 saturated heterocycles. The van der Waals surface area contributed by atoms with Crippen molar-refractivity contribution in [3.8, 4) is 5.75 Å². The number of benzene rings is 2. The number of rotatable bonds is 9. The number of nitrogens with one attached hydrogen (secondary N) is 3. The molecule has 0 heterocycles. The highest BCUT2D eigenvalue weighted by Crippen LogP contribution is 2.14. The highest BCUT2D eigenvalue weighted by Gasteiger charge is 2.16. The summed E-state index contributed by atoms with van der Waals surface area (Å²) in [6, 6.07) is 15.1. The minimum Gasteiger partial charge on any atom is -0.497 e. The third-order valence-corrected chi connectivity index (χ3v) is 4.43. The highest BCUT2D eigenvalue weighted by molar-refractivity contribution is 5.91. The number of hydrogen-bond donors (Lipinski definition) is 3. The van der Waals surface area contributed by atoms with Crippen molar-refractivity contribution in [2.24, 2.45) is 0 Å². The summed E-state index contributed by atoms with van der Waals surface area (Å²) in [5.41, 5.74) is 2.96. The van der Waals surface area contributed by atoms with Gasteiger partial charge in [-0.15, -0.1) is 0 Å². The number of ether oxygens (including phenoxy) is 1. The van der Waals surface area contributed by atoms with E-state index in [9.17, 15) is 9.59 Å². The molecule has 0 saturated carbocycles. The average molecular weight is 370 g/mol. The zero-order chi connectivity index (χ0) is 19.6. The Morgan fingerprint density at radius 1 is 1.00 bits per heavy atom. The average Bonchev–Trinajstić information content (AvgIpc) is 2.67. The van der Waals surface area contributed by atoms with E-state index < -0.39 is 0 Å². The molecule has 0 fully saturated rings. The van der Waals surface area contributed by atoms with Crippen LogP contribution >= 0.6 is 0 Å². The summed E-state index contributed by atoms with van der Waals surface area (Å²) in [5.74, 6) is 0.551. The van der Waals surface area contributed by atoms with Crippen molar-refractivity contribution >= 4 is 17.5 Å². The molecule has 6 nitrogen and oxygen atoms in total. The van der Waals surface area contributed by atoms with Gasteiger partial charge in [0, 0.05) is 12.2 Å². The summed E-state index contributed by atoms with van der Waals surface area (Å²) in [7, 11) is 1.60. The van der Waals surface area contributed by atoms with Gasteiger partial charge >= 0.3 is 0 Å². The van der Waals surface area contributed by atoms with Crippen LogP contribution in [0.1, 0.15) is 18.1 Å². The van der Waals surface area contributed by atoms with Gasteiger partial charge in [-0.3, -0.25) is 9.59 Å². The third kappa shape index (κ3) is 6.75. The monoisotopic (exact) mass is 370 g/mol. The summed E-state index contributed by atoms with van der Waals surface area (Å²) in [6.45, 7) is 5.67. The zero-order valence-corrected chi connectivity index (χ0v) is 16.2. The molecule has 2 aromatic rings. The molecule has 0 aliphatic heterocycles. The van der Waals surface area contributed by atoms with Crippen molar-refractivity contribution < 1.29 is 19.2 Å². The van der Waals surface area contributed by atoms with Crippen LogP contribution in [0, 0.1) is 6.92 Å². The molecule has 3 N–H and O–H groups in total. The highest BCUT2D eigenvalue weighted by atomic mass is 16.5. The van der Waals surface area contributed by atoms with Crippen molar-refractivity contribution in [3.63, 3.8) is 0 Å². The van der Waals surface area contributed by atoms with Gasteiger partial charge in [-0.05, 0) is 49.2 Å². The van der Waals surface area contributed by atoms with E-state index in [1.165, 1.54) is 0 Å². The second-order valence-electron chi connectivity index (χ2n) is 6.44. The van der Waals surface area contributed by atoms with Crippen molar-refractivity contribution in [1.82, 2.24) is 5.32 Å². The Bertz CT molecular complexity index is 760. The number of hydrogen-bond acceptors (Lipinski definition) is 3. The number of anilines is 1. The van der Waals surface area contributed by atoms with Gasteiger partial charge in [0.2, 0.25) is 0 Å². The number of methoxy groups -OCH3 is 1. The molecule has 0 bridgehead atoms. The summed E-state index contributed by atoms with van der Waals surface area (Å²) in [4.78, 5) is 25.4. The van der Waals surface area contributed by atoms with Crippen molar-refractivity contribution in [2.45, 2.75) is 20.4 Å². The van der Waals surface area contributed by atoms with E-state index in [1.807, 2.05) is 38.1 Å². The van der Waals surface area contributed by atoms with E-state index in [2.05, 4.69) is 10.6 Å². The van der Waals surface area contributed by atoms with Gasteiger partial charge in [-0.1, -0.05) is 24.3 Å². The predicted octanol–water partition coefficient (Wildman–Crippen LogP) is 1.16. The number of aryl methyl sites for hydroxylation is 1. The second kappa shape index (κ2) is 10.3. The standard InChI is InChI=1S/C21H27N3O3/c1-4-24(14-20(25)22-13-17-8-6-5-7-16(17)2)15-21(26)23-18-9-11-19(27-3)12-10-18/h5-12H,4,13-15H2,1-3H3,(H,22,25)(H,23,26)/p+1. The molecular formula is C21H28N3O3+. The molecule has 0 aliphatic carbocycles. The van der Waals surface area contributed by atoms with Crippen LogP contribution in [-0.4, -0.2) is 38.6 Å². The molecule has 0 aromatic heterocycles. The lowest BCUT2D eigenvalue weighted by Crippen LogP contribution is -3.13. The molecule has 1 atom stereocenters. The van der Waals surface area contributed by atoms with Crippen LogP contribution in [0.15, 0.2) is 48.5 Å².